The van der Waals surface area contributed by atoms with Gasteiger partial charge < -0.3 is 31.7 Å². The zero-order valence-corrected chi connectivity index (χ0v) is 29.8. The Morgan fingerprint density at radius 2 is 1.63 bits per heavy atom. The van der Waals surface area contributed by atoms with E-state index in [0.29, 0.717) is 35.1 Å². The molecule has 0 spiro atoms. The van der Waals surface area contributed by atoms with Crippen molar-refractivity contribution in [1.82, 2.24) is 36.6 Å². The van der Waals surface area contributed by atoms with Gasteiger partial charge in [0.25, 0.3) is 5.91 Å². The molecule has 1 atom stereocenters. The van der Waals surface area contributed by atoms with Gasteiger partial charge in [-0.15, -0.1) is 22.6 Å². The molecular weight excluding hydrogens is 689 g/mol. The summed E-state index contributed by atoms with van der Waals surface area (Å²) in [7, 11) is 1.37. The third-order valence-corrected chi connectivity index (χ3v) is 9.86. The number of nitrogens with zero attached hydrogens (tertiary/aromatic N) is 3. The number of piperidine rings is 1. The number of nitrogens with two attached hydrogens (primary N) is 1. The lowest BCUT2D eigenvalue weighted by molar-refractivity contribution is -0.130. The molecule has 2 fully saturated rings. The van der Waals surface area contributed by atoms with E-state index in [4.69, 9.17) is 10.5 Å². The van der Waals surface area contributed by atoms with Crippen molar-refractivity contribution >= 4 is 35.8 Å². The predicted molar refractivity (Wildman–Crippen MR) is 197 cm³/mol. The summed E-state index contributed by atoms with van der Waals surface area (Å²) in [5.41, 5.74) is 9.00. The number of H-pyrrole nitrogens is 1. The molecule has 2 heterocycles. The number of tetrazole rings is 1. The van der Waals surface area contributed by atoms with Gasteiger partial charge in [0.1, 0.15) is 6.04 Å². The summed E-state index contributed by atoms with van der Waals surface area (Å²) >= 11 is 0. The Morgan fingerprint density at radius 3 is 2.27 bits per heavy atom. The van der Waals surface area contributed by atoms with Crippen molar-refractivity contribution in [3.8, 4) is 28.3 Å². The summed E-state index contributed by atoms with van der Waals surface area (Å²) in [4.78, 5) is 40.1. The minimum Gasteiger partial charge on any atom is -0.493 e. The van der Waals surface area contributed by atoms with Gasteiger partial charge in [-0.1, -0.05) is 24.3 Å². The molecule has 15 heteroatoms. The van der Waals surface area contributed by atoms with Crippen LogP contribution >= 0.6 is 12.4 Å². The zero-order chi connectivity index (χ0) is 35.7. The molecular formula is C37H45ClFN9O4. The van der Waals surface area contributed by atoms with Crippen LogP contribution in [0.3, 0.4) is 0 Å². The Morgan fingerprint density at radius 1 is 0.942 bits per heavy atom. The first-order valence-corrected chi connectivity index (χ1v) is 17.5. The Labute approximate surface area is 307 Å². The molecule has 3 amide bonds. The predicted octanol–water partition coefficient (Wildman–Crippen LogP) is 4.02. The number of nitrogens with one attached hydrogen (secondary N) is 5. The molecule has 2 aliphatic rings. The Kier molecular flexibility index (Phi) is 13.3. The van der Waals surface area contributed by atoms with Crippen molar-refractivity contribution in [2.45, 2.75) is 57.0 Å². The van der Waals surface area contributed by atoms with Crippen LogP contribution in [0.4, 0.5) is 10.1 Å². The van der Waals surface area contributed by atoms with Gasteiger partial charge in [0.2, 0.25) is 17.6 Å². The first kappa shape index (κ1) is 38.3. The molecule has 1 aromatic heterocycles. The number of rotatable bonds is 12. The number of halogens is 2. The monoisotopic (exact) mass is 733 g/mol. The van der Waals surface area contributed by atoms with Gasteiger partial charge in [-0.2, -0.15) is 5.21 Å². The Bertz CT molecular complexity index is 1800. The molecule has 276 valence electrons. The van der Waals surface area contributed by atoms with Crippen LogP contribution in [0, 0.1) is 17.7 Å². The fourth-order valence-electron chi connectivity index (χ4n) is 6.82. The molecule has 1 saturated heterocycles. The number of methoxy groups -OCH3 is 1. The van der Waals surface area contributed by atoms with Gasteiger partial charge in [0.15, 0.2) is 11.6 Å². The molecule has 13 nitrogen and oxygen atoms in total. The SMILES string of the molecule is COc1c(-c2ccc(C[C@H](NC(=O)C3CCC(CN)CC3)C(=O)Nc3ccc(-c4nn[nH]n4)cc3)cc2)ccc(C(=O)NC2CCNCC2)c1F.Cl. The first-order chi connectivity index (χ1) is 24.8. The van der Waals surface area contributed by atoms with Crippen molar-refractivity contribution in [3.63, 3.8) is 0 Å². The number of carbonyl (C=O) groups is 3. The summed E-state index contributed by atoms with van der Waals surface area (Å²) in [5, 5.41) is 26.1. The quantitative estimate of drug-likeness (QED) is 0.125. The van der Waals surface area contributed by atoms with E-state index in [0.717, 1.165) is 62.7 Å². The van der Waals surface area contributed by atoms with E-state index in [1.807, 2.05) is 24.3 Å². The van der Waals surface area contributed by atoms with Crippen molar-refractivity contribution in [2.75, 3.05) is 32.1 Å². The second-order valence-electron chi connectivity index (χ2n) is 13.2. The van der Waals surface area contributed by atoms with Crippen molar-refractivity contribution in [3.05, 3.63) is 77.6 Å². The summed E-state index contributed by atoms with van der Waals surface area (Å²) in [5.74, 6) is -1.08. The number of hydrogen-bond donors (Lipinski definition) is 6. The van der Waals surface area contributed by atoms with Crippen molar-refractivity contribution in [1.29, 1.82) is 0 Å². The maximum atomic E-state index is 15.7. The average Bonchev–Trinajstić information content (AvgIpc) is 3.71. The standard InChI is InChI=1S/C37H44FN9O4.ClH/c1-51-33-29(14-15-30(32(33)38)36(49)41-28-16-18-40-19-17-28)24-6-2-22(3-7-24)20-31(43-35(48)26-8-4-23(21-39)5-9-26)37(50)42-27-12-10-25(11-13-27)34-44-46-47-45-34;/h2-3,6-7,10-15,23,26,28,31,40H,4-5,8-9,16-21,39H2,1H3,(H,41,49)(H,42,50)(H,43,48)(H,44,45,46,47);1H/t23?,26?,31-;/m0./s1. The fourth-order valence-corrected chi connectivity index (χ4v) is 6.82. The van der Waals surface area contributed by atoms with Gasteiger partial charge in [0, 0.05) is 35.2 Å². The highest BCUT2D eigenvalue weighted by Gasteiger charge is 2.30. The molecule has 1 aliphatic carbocycles. The molecule has 1 aliphatic heterocycles. The highest BCUT2D eigenvalue weighted by molar-refractivity contribution is 5.98. The van der Waals surface area contributed by atoms with Crippen LogP contribution in [0.15, 0.2) is 60.7 Å². The normalized spacial score (nSPS) is 18.1. The number of hydrogen-bond acceptors (Lipinski definition) is 9. The third-order valence-electron chi connectivity index (χ3n) is 9.86. The maximum absolute atomic E-state index is 15.7. The third kappa shape index (κ3) is 9.29. The number of ether oxygens (including phenoxy) is 1. The van der Waals surface area contributed by atoms with E-state index in [1.54, 1.807) is 30.3 Å². The lowest BCUT2D eigenvalue weighted by Crippen LogP contribution is -2.48. The van der Waals surface area contributed by atoms with E-state index in [-0.39, 0.29) is 53.9 Å². The largest absolute Gasteiger partial charge is 0.493 e. The Hall–Kier alpha value is -4.92. The number of aromatic amines is 1. The highest BCUT2D eigenvalue weighted by Crippen LogP contribution is 2.35. The van der Waals surface area contributed by atoms with E-state index < -0.39 is 17.8 Å². The molecule has 1 saturated carbocycles. The molecule has 3 aromatic carbocycles. The molecule has 6 rings (SSSR count). The zero-order valence-electron chi connectivity index (χ0n) is 29.0. The number of benzene rings is 3. The Balaban J connectivity index is 0.00000523. The molecule has 0 radical (unpaired) electrons. The van der Waals surface area contributed by atoms with Gasteiger partial charge in [-0.05, 0) is 117 Å². The maximum Gasteiger partial charge on any atom is 0.254 e. The average molecular weight is 734 g/mol. The molecule has 7 N–H and O–H groups in total. The molecule has 4 aromatic rings. The van der Waals surface area contributed by atoms with Gasteiger partial charge in [-0.3, -0.25) is 14.4 Å². The number of aromatic nitrogens is 4. The van der Waals surface area contributed by atoms with Crippen molar-refractivity contribution < 1.29 is 23.5 Å². The highest BCUT2D eigenvalue weighted by atomic mass is 35.5. The van der Waals surface area contributed by atoms with Crippen LogP contribution in [-0.2, 0) is 16.0 Å². The minimum absolute atomic E-state index is 0. The van der Waals surface area contributed by atoms with Crippen LogP contribution in [0.2, 0.25) is 0 Å². The fraction of sp³-hybridized carbons (Fsp3) is 0.405. The van der Waals surface area contributed by atoms with Crippen LogP contribution in [-0.4, -0.2) is 77.2 Å². The van der Waals surface area contributed by atoms with E-state index in [1.165, 1.54) is 13.2 Å². The lowest BCUT2D eigenvalue weighted by Gasteiger charge is -2.28. The number of carbonyl (C=O) groups excluding carboxylic acids is 3. The first-order valence-electron chi connectivity index (χ1n) is 17.5. The number of amides is 3. The second kappa shape index (κ2) is 18.0. The lowest BCUT2D eigenvalue weighted by atomic mass is 9.81. The molecule has 0 unspecified atom stereocenters. The summed E-state index contributed by atoms with van der Waals surface area (Å²) in [6.07, 6.45) is 5.01. The minimum atomic E-state index is -0.864. The summed E-state index contributed by atoms with van der Waals surface area (Å²) in [6.45, 7) is 2.21. The van der Waals surface area contributed by atoms with Crippen LogP contribution in [0.5, 0.6) is 5.75 Å². The summed E-state index contributed by atoms with van der Waals surface area (Å²) in [6, 6.07) is 16.6. The van der Waals surface area contributed by atoms with E-state index >= 15 is 4.39 Å². The van der Waals surface area contributed by atoms with Crippen LogP contribution < -0.4 is 31.7 Å². The van der Waals surface area contributed by atoms with Gasteiger partial charge in [0.05, 0.1) is 12.7 Å². The summed E-state index contributed by atoms with van der Waals surface area (Å²) < 4.78 is 21.1. The molecule has 52 heavy (non-hydrogen) atoms. The van der Waals surface area contributed by atoms with Crippen LogP contribution in [0.1, 0.15) is 54.4 Å². The van der Waals surface area contributed by atoms with Crippen LogP contribution in [0.25, 0.3) is 22.5 Å². The van der Waals surface area contributed by atoms with E-state index in [2.05, 4.69) is 41.9 Å². The van der Waals surface area contributed by atoms with E-state index in [9.17, 15) is 14.4 Å². The topological polar surface area (TPSA) is 189 Å². The smallest absolute Gasteiger partial charge is 0.254 e. The van der Waals surface area contributed by atoms with Crippen molar-refractivity contribution in [2.24, 2.45) is 17.6 Å². The molecule has 0 bridgehead atoms. The second-order valence-corrected chi connectivity index (χ2v) is 13.2. The van der Waals surface area contributed by atoms with Gasteiger partial charge in [-0.25, -0.2) is 4.39 Å². The number of anilines is 1. The van der Waals surface area contributed by atoms with Gasteiger partial charge >= 0.3 is 0 Å².